The lowest BCUT2D eigenvalue weighted by Gasteiger charge is -2.10. The average molecular weight is 269 g/mol. The second-order valence-corrected chi connectivity index (χ2v) is 3.63. The minimum absolute atomic E-state index is 0.0000631. The van der Waals surface area contributed by atoms with Crippen molar-refractivity contribution < 1.29 is 18.3 Å². The van der Waals surface area contributed by atoms with Crippen LogP contribution in [0.25, 0.3) is 0 Å². The Labute approximate surface area is 109 Å². The molecule has 0 aromatic carbocycles. The molecule has 0 aliphatic carbocycles. The number of nitrogens with zero attached hydrogens (tertiary/aromatic N) is 2. The first-order valence-corrected chi connectivity index (χ1v) is 5.60. The zero-order valence-electron chi connectivity index (χ0n) is 10.3. The van der Waals surface area contributed by atoms with Gasteiger partial charge in [-0.15, -0.1) is 0 Å². The molecule has 5 nitrogen and oxygen atoms in total. The van der Waals surface area contributed by atoms with E-state index in [0.29, 0.717) is 5.56 Å². The minimum Gasteiger partial charge on any atom is -0.466 e. The van der Waals surface area contributed by atoms with Gasteiger partial charge in [-0.3, -0.25) is 4.79 Å². The summed E-state index contributed by atoms with van der Waals surface area (Å²) in [5, 5.41) is 8.79. The van der Waals surface area contributed by atoms with Gasteiger partial charge in [-0.1, -0.05) is 0 Å². The van der Waals surface area contributed by atoms with Crippen LogP contribution in [0.1, 0.15) is 35.9 Å². The molecule has 0 atom stereocenters. The molecule has 0 saturated heterocycles. The summed E-state index contributed by atoms with van der Waals surface area (Å²) in [6, 6.07) is 2.88. The number of halogens is 2. The third-order valence-electron chi connectivity index (χ3n) is 2.38. The van der Waals surface area contributed by atoms with Crippen LogP contribution in [-0.4, -0.2) is 17.6 Å². The summed E-state index contributed by atoms with van der Waals surface area (Å²) < 4.78 is 30.2. The largest absolute Gasteiger partial charge is 0.466 e. The van der Waals surface area contributed by atoms with Crippen molar-refractivity contribution in [3.05, 3.63) is 28.6 Å². The molecule has 102 valence electrons. The number of nitrogens with two attached hydrogens (primary N) is 1. The van der Waals surface area contributed by atoms with Crippen molar-refractivity contribution in [2.45, 2.75) is 26.3 Å². The SMILES string of the molecule is CCOC(=O)Cc1nc(C(F)F)c(C#N)cc1CN. The molecular formula is C12H13F2N3O2. The van der Waals surface area contributed by atoms with Crippen molar-refractivity contribution in [2.24, 2.45) is 5.73 Å². The van der Waals surface area contributed by atoms with Gasteiger partial charge in [-0.05, 0) is 18.6 Å². The van der Waals surface area contributed by atoms with E-state index in [-0.39, 0.29) is 30.8 Å². The van der Waals surface area contributed by atoms with Crippen molar-refractivity contribution >= 4 is 5.97 Å². The van der Waals surface area contributed by atoms with Gasteiger partial charge in [-0.25, -0.2) is 13.8 Å². The molecule has 0 bridgehead atoms. The van der Waals surface area contributed by atoms with Gasteiger partial charge in [0.25, 0.3) is 6.43 Å². The third kappa shape index (κ3) is 3.69. The molecular weight excluding hydrogens is 256 g/mol. The summed E-state index contributed by atoms with van der Waals surface area (Å²) in [7, 11) is 0. The minimum atomic E-state index is -2.89. The lowest BCUT2D eigenvalue weighted by atomic mass is 10.1. The van der Waals surface area contributed by atoms with E-state index >= 15 is 0 Å². The Hall–Kier alpha value is -2.07. The molecule has 0 spiro atoms. The number of alkyl halides is 2. The van der Waals surface area contributed by atoms with Gasteiger partial charge >= 0.3 is 5.97 Å². The highest BCUT2D eigenvalue weighted by Crippen LogP contribution is 2.23. The van der Waals surface area contributed by atoms with E-state index in [4.69, 9.17) is 15.7 Å². The van der Waals surface area contributed by atoms with Crippen LogP contribution in [0.3, 0.4) is 0 Å². The summed E-state index contributed by atoms with van der Waals surface area (Å²) in [6.45, 7) is 1.83. The molecule has 1 aromatic heterocycles. The van der Waals surface area contributed by atoms with Gasteiger partial charge in [-0.2, -0.15) is 5.26 Å². The Morgan fingerprint density at radius 3 is 2.79 bits per heavy atom. The van der Waals surface area contributed by atoms with Crippen LogP contribution in [0.15, 0.2) is 6.07 Å². The normalized spacial score (nSPS) is 10.3. The Morgan fingerprint density at radius 2 is 2.32 bits per heavy atom. The first-order chi connectivity index (χ1) is 9.03. The quantitative estimate of drug-likeness (QED) is 0.817. The number of rotatable bonds is 5. The topological polar surface area (TPSA) is 89.0 Å². The maximum absolute atomic E-state index is 12.8. The van der Waals surface area contributed by atoms with Crippen molar-refractivity contribution in [1.29, 1.82) is 5.26 Å². The van der Waals surface area contributed by atoms with Crippen molar-refractivity contribution in [2.75, 3.05) is 6.61 Å². The summed E-state index contributed by atoms with van der Waals surface area (Å²) in [5.74, 6) is -0.574. The van der Waals surface area contributed by atoms with Crippen LogP contribution in [0, 0.1) is 11.3 Å². The van der Waals surface area contributed by atoms with Gasteiger partial charge in [0, 0.05) is 6.54 Å². The van der Waals surface area contributed by atoms with E-state index in [1.54, 1.807) is 13.0 Å². The van der Waals surface area contributed by atoms with Gasteiger partial charge < -0.3 is 10.5 Å². The van der Waals surface area contributed by atoms with Crippen molar-refractivity contribution in [1.82, 2.24) is 4.98 Å². The Kier molecular flexibility index (Phi) is 5.33. The fourth-order valence-electron chi connectivity index (χ4n) is 1.54. The number of hydrogen-bond donors (Lipinski definition) is 1. The van der Waals surface area contributed by atoms with E-state index in [9.17, 15) is 13.6 Å². The molecule has 2 N–H and O–H groups in total. The van der Waals surface area contributed by atoms with Crippen molar-refractivity contribution in [3.8, 4) is 6.07 Å². The third-order valence-corrected chi connectivity index (χ3v) is 2.38. The monoisotopic (exact) mass is 269 g/mol. The number of esters is 1. The zero-order valence-corrected chi connectivity index (χ0v) is 10.3. The predicted molar refractivity (Wildman–Crippen MR) is 62.1 cm³/mol. The lowest BCUT2D eigenvalue weighted by molar-refractivity contribution is -0.142. The number of hydrogen-bond acceptors (Lipinski definition) is 5. The fraction of sp³-hybridized carbons (Fsp3) is 0.417. The average Bonchev–Trinajstić information content (AvgIpc) is 2.38. The maximum Gasteiger partial charge on any atom is 0.311 e. The maximum atomic E-state index is 12.8. The van der Waals surface area contributed by atoms with Gasteiger partial charge in [0.15, 0.2) is 0 Å². The van der Waals surface area contributed by atoms with Gasteiger partial charge in [0.05, 0.1) is 24.3 Å². The molecule has 1 aromatic rings. The number of carbonyl (C=O) groups is 1. The molecule has 0 aliphatic rings. The van der Waals surface area contributed by atoms with Crippen molar-refractivity contribution in [3.63, 3.8) is 0 Å². The number of pyridine rings is 1. The molecule has 0 saturated carbocycles. The highest BCUT2D eigenvalue weighted by molar-refractivity contribution is 5.72. The number of aromatic nitrogens is 1. The summed E-state index contributed by atoms with van der Waals surface area (Å²) >= 11 is 0. The molecule has 19 heavy (non-hydrogen) atoms. The molecule has 1 heterocycles. The van der Waals surface area contributed by atoms with Crippen LogP contribution >= 0.6 is 0 Å². The van der Waals surface area contributed by atoms with Crippen LogP contribution in [0.2, 0.25) is 0 Å². The molecule has 0 fully saturated rings. The summed E-state index contributed by atoms with van der Waals surface area (Å²) in [6.07, 6.45) is -3.13. The Bertz CT molecular complexity index is 512. The van der Waals surface area contributed by atoms with E-state index in [1.807, 2.05) is 0 Å². The highest BCUT2D eigenvalue weighted by atomic mass is 19.3. The molecule has 7 heteroatoms. The predicted octanol–water partition coefficient (Wildman–Crippen LogP) is 1.46. The number of ether oxygens (including phenoxy) is 1. The van der Waals surface area contributed by atoms with E-state index in [0.717, 1.165) is 0 Å². The standard InChI is InChI=1S/C12H13F2N3O2/c1-2-19-10(18)4-9-7(5-15)3-8(6-16)11(17-9)12(13)14/h3,12H,2,4-5,15H2,1H3. The first-order valence-electron chi connectivity index (χ1n) is 5.60. The van der Waals surface area contributed by atoms with E-state index in [2.05, 4.69) is 4.98 Å². The van der Waals surface area contributed by atoms with E-state index < -0.39 is 18.1 Å². The summed E-state index contributed by atoms with van der Waals surface area (Å²) in [4.78, 5) is 15.0. The van der Waals surface area contributed by atoms with Gasteiger partial charge in [0.1, 0.15) is 11.8 Å². The number of carbonyl (C=O) groups excluding carboxylic acids is 1. The molecule has 1 rings (SSSR count). The summed E-state index contributed by atoms with van der Waals surface area (Å²) in [5.41, 5.74) is 5.09. The van der Waals surface area contributed by atoms with Crippen LogP contribution < -0.4 is 5.73 Å². The second-order valence-electron chi connectivity index (χ2n) is 3.63. The second kappa shape index (κ2) is 6.75. The van der Waals surface area contributed by atoms with Crippen LogP contribution in [-0.2, 0) is 22.5 Å². The smallest absolute Gasteiger partial charge is 0.311 e. The number of nitriles is 1. The lowest BCUT2D eigenvalue weighted by Crippen LogP contribution is -2.14. The van der Waals surface area contributed by atoms with Crippen LogP contribution in [0.5, 0.6) is 0 Å². The fourth-order valence-corrected chi connectivity index (χ4v) is 1.54. The highest BCUT2D eigenvalue weighted by Gasteiger charge is 2.20. The van der Waals surface area contributed by atoms with Crippen LogP contribution in [0.4, 0.5) is 8.78 Å². The molecule has 0 radical (unpaired) electrons. The molecule has 0 amide bonds. The first kappa shape index (κ1) is 15.0. The molecule has 0 aliphatic heterocycles. The van der Waals surface area contributed by atoms with Gasteiger partial charge in [0.2, 0.25) is 0 Å². The van der Waals surface area contributed by atoms with E-state index in [1.165, 1.54) is 6.07 Å². The Morgan fingerprint density at radius 1 is 1.63 bits per heavy atom. The zero-order chi connectivity index (χ0) is 14.4. The Balaban J connectivity index is 3.19. The molecule has 0 unspecified atom stereocenters.